The Hall–Kier alpha value is -1.52. The zero-order chi connectivity index (χ0) is 15.1. The van der Waals surface area contributed by atoms with E-state index in [9.17, 15) is 5.11 Å². The number of rotatable bonds is 8. The van der Waals surface area contributed by atoms with Gasteiger partial charge in [-0.15, -0.1) is 0 Å². The van der Waals surface area contributed by atoms with Crippen molar-refractivity contribution in [2.24, 2.45) is 0 Å². The van der Waals surface area contributed by atoms with Crippen molar-refractivity contribution in [3.05, 3.63) is 46.7 Å². The fraction of sp³-hybridized carbons (Fsp3) is 0.438. The van der Waals surface area contributed by atoms with Gasteiger partial charge in [-0.1, -0.05) is 43.1 Å². The highest BCUT2D eigenvalue weighted by Gasteiger charge is 2.14. The molecule has 114 valence electrons. The van der Waals surface area contributed by atoms with E-state index in [1.807, 2.05) is 30.3 Å². The summed E-state index contributed by atoms with van der Waals surface area (Å²) >= 11 is 6.26. The van der Waals surface area contributed by atoms with Crippen LogP contribution in [0.25, 0.3) is 0 Å². The van der Waals surface area contributed by atoms with E-state index in [1.165, 1.54) is 0 Å². The zero-order valence-corrected chi connectivity index (χ0v) is 13.0. The molecule has 0 atom stereocenters. The molecule has 1 aromatic heterocycles. The molecule has 0 aliphatic rings. The molecular weight excluding hydrogens is 288 g/mol. The minimum atomic E-state index is -0.0608. The monoisotopic (exact) mass is 308 g/mol. The third-order valence-corrected chi connectivity index (χ3v) is 3.66. The first kappa shape index (κ1) is 15.9. The van der Waals surface area contributed by atoms with Crippen LogP contribution >= 0.6 is 11.6 Å². The maximum atomic E-state index is 9.40. The molecule has 0 aliphatic carbocycles. The first-order chi connectivity index (χ1) is 10.3. The van der Waals surface area contributed by atoms with Crippen LogP contribution in [0.4, 0.5) is 0 Å². The van der Waals surface area contributed by atoms with E-state index in [4.69, 9.17) is 16.3 Å². The molecule has 0 spiro atoms. The van der Waals surface area contributed by atoms with Gasteiger partial charge in [-0.3, -0.25) is 4.68 Å². The molecule has 1 heterocycles. The molecule has 1 N–H and O–H groups in total. The number of hydrogen-bond donors (Lipinski definition) is 1. The second kappa shape index (κ2) is 8.05. The topological polar surface area (TPSA) is 47.3 Å². The van der Waals surface area contributed by atoms with Gasteiger partial charge >= 0.3 is 0 Å². The highest BCUT2D eigenvalue weighted by atomic mass is 35.5. The van der Waals surface area contributed by atoms with Gasteiger partial charge in [0, 0.05) is 18.5 Å². The van der Waals surface area contributed by atoms with E-state index < -0.39 is 0 Å². The van der Waals surface area contributed by atoms with Crippen LogP contribution in [0.5, 0.6) is 5.75 Å². The van der Waals surface area contributed by atoms with E-state index in [2.05, 4.69) is 12.0 Å². The molecule has 2 rings (SSSR count). The van der Waals surface area contributed by atoms with Gasteiger partial charge in [-0.05, 0) is 18.6 Å². The molecule has 0 bridgehead atoms. The molecule has 0 saturated heterocycles. The van der Waals surface area contributed by atoms with Crippen LogP contribution < -0.4 is 4.74 Å². The predicted molar refractivity (Wildman–Crippen MR) is 83.7 cm³/mol. The highest BCUT2D eigenvalue weighted by Crippen LogP contribution is 2.21. The second-order valence-electron chi connectivity index (χ2n) is 4.86. The van der Waals surface area contributed by atoms with Gasteiger partial charge in [-0.25, -0.2) is 0 Å². The van der Waals surface area contributed by atoms with Crippen molar-refractivity contribution in [2.75, 3.05) is 6.61 Å². The molecule has 0 unspecified atom stereocenters. The number of ether oxygens (including phenoxy) is 1. The van der Waals surface area contributed by atoms with Crippen molar-refractivity contribution in [3.8, 4) is 5.75 Å². The molecule has 5 heteroatoms. The van der Waals surface area contributed by atoms with Crippen LogP contribution in [0.15, 0.2) is 30.3 Å². The largest absolute Gasteiger partial charge is 0.494 e. The molecule has 0 fully saturated rings. The number of aliphatic hydroxyl groups excluding tert-OH is 1. The standard InChI is InChI=1S/C16H21ClN2O2/c1-2-7-15-14(12-20)16(17)19(18-15)10-6-11-21-13-8-4-3-5-9-13/h3-5,8-9,20H,2,6-7,10-12H2,1H3. The van der Waals surface area contributed by atoms with Crippen LogP contribution in [-0.4, -0.2) is 21.5 Å². The Bertz CT molecular complexity index is 555. The SMILES string of the molecule is CCCc1nn(CCCOc2ccccc2)c(Cl)c1CO. The Morgan fingerprint density at radius 1 is 1.29 bits per heavy atom. The quantitative estimate of drug-likeness (QED) is 0.760. The molecular formula is C16H21ClN2O2. The van der Waals surface area contributed by atoms with E-state index in [0.717, 1.165) is 36.3 Å². The minimum absolute atomic E-state index is 0.0608. The molecule has 4 nitrogen and oxygen atoms in total. The van der Waals surface area contributed by atoms with Crippen LogP contribution in [-0.2, 0) is 19.6 Å². The maximum Gasteiger partial charge on any atom is 0.132 e. The van der Waals surface area contributed by atoms with Gasteiger partial charge < -0.3 is 9.84 Å². The Balaban J connectivity index is 1.88. The number of aromatic nitrogens is 2. The first-order valence-corrected chi connectivity index (χ1v) is 7.66. The van der Waals surface area contributed by atoms with Crippen molar-refractivity contribution >= 4 is 11.6 Å². The predicted octanol–water partition coefficient (Wildman–Crippen LogP) is 3.45. The molecule has 0 aliphatic heterocycles. The number of para-hydroxylation sites is 1. The molecule has 2 aromatic rings. The van der Waals surface area contributed by atoms with Crippen molar-refractivity contribution in [1.29, 1.82) is 0 Å². The summed E-state index contributed by atoms with van der Waals surface area (Å²) < 4.78 is 7.40. The van der Waals surface area contributed by atoms with Gasteiger partial charge in [0.15, 0.2) is 0 Å². The zero-order valence-electron chi connectivity index (χ0n) is 12.3. The summed E-state index contributed by atoms with van der Waals surface area (Å²) in [6.45, 7) is 3.32. The van der Waals surface area contributed by atoms with Gasteiger partial charge in [0.05, 0.1) is 18.9 Å². The second-order valence-corrected chi connectivity index (χ2v) is 5.22. The Labute approximate surface area is 130 Å². The number of nitrogens with zero attached hydrogens (tertiary/aromatic N) is 2. The number of benzene rings is 1. The molecule has 21 heavy (non-hydrogen) atoms. The summed E-state index contributed by atoms with van der Waals surface area (Å²) in [5.74, 6) is 0.867. The summed E-state index contributed by atoms with van der Waals surface area (Å²) in [5, 5.41) is 14.4. The number of aryl methyl sites for hydroxylation is 2. The highest BCUT2D eigenvalue weighted by molar-refractivity contribution is 6.30. The van der Waals surface area contributed by atoms with E-state index >= 15 is 0 Å². The third-order valence-electron chi connectivity index (χ3n) is 3.24. The van der Waals surface area contributed by atoms with E-state index in [1.54, 1.807) is 4.68 Å². The third kappa shape index (κ3) is 4.22. The Morgan fingerprint density at radius 3 is 2.71 bits per heavy atom. The van der Waals surface area contributed by atoms with Crippen LogP contribution in [0.3, 0.4) is 0 Å². The van der Waals surface area contributed by atoms with E-state index in [-0.39, 0.29) is 6.61 Å². The van der Waals surface area contributed by atoms with Gasteiger partial charge in [-0.2, -0.15) is 5.10 Å². The van der Waals surface area contributed by atoms with Crippen LogP contribution in [0.2, 0.25) is 5.15 Å². The maximum absolute atomic E-state index is 9.40. The summed E-state index contributed by atoms with van der Waals surface area (Å²) in [6.07, 6.45) is 2.63. The first-order valence-electron chi connectivity index (χ1n) is 7.29. The lowest BCUT2D eigenvalue weighted by atomic mass is 10.2. The normalized spacial score (nSPS) is 10.8. The van der Waals surface area contributed by atoms with Gasteiger partial charge in [0.25, 0.3) is 0 Å². The fourth-order valence-electron chi connectivity index (χ4n) is 2.19. The summed E-state index contributed by atoms with van der Waals surface area (Å²) in [5.41, 5.74) is 1.65. The van der Waals surface area contributed by atoms with Crippen molar-refractivity contribution in [2.45, 2.75) is 39.3 Å². The average molecular weight is 309 g/mol. The van der Waals surface area contributed by atoms with Crippen molar-refractivity contribution in [1.82, 2.24) is 9.78 Å². The van der Waals surface area contributed by atoms with Crippen molar-refractivity contribution < 1.29 is 9.84 Å². The van der Waals surface area contributed by atoms with Crippen LogP contribution in [0.1, 0.15) is 31.0 Å². The number of hydrogen-bond acceptors (Lipinski definition) is 3. The minimum Gasteiger partial charge on any atom is -0.494 e. The number of halogens is 1. The Morgan fingerprint density at radius 2 is 2.05 bits per heavy atom. The average Bonchev–Trinajstić information content (AvgIpc) is 2.80. The lowest BCUT2D eigenvalue weighted by Gasteiger charge is -2.06. The summed E-state index contributed by atoms with van der Waals surface area (Å²) in [7, 11) is 0. The molecule has 0 amide bonds. The van der Waals surface area contributed by atoms with Gasteiger partial charge in [0.1, 0.15) is 10.9 Å². The molecule has 0 saturated carbocycles. The van der Waals surface area contributed by atoms with Gasteiger partial charge in [0.2, 0.25) is 0 Å². The summed E-state index contributed by atoms with van der Waals surface area (Å²) in [4.78, 5) is 0. The van der Waals surface area contributed by atoms with Crippen LogP contribution in [0, 0.1) is 0 Å². The van der Waals surface area contributed by atoms with Crippen molar-refractivity contribution in [3.63, 3.8) is 0 Å². The summed E-state index contributed by atoms with van der Waals surface area (Å²) in [6, 6.07) is 9.73. The Kier molecular flexibility index (Phi) is 6.08. The number of aliphatic hydroxyl groups is 1. The smallest absolute Gasteiger partial charge is 0.132 e. The molecule has 1 aromatic carbocycles. The molecule has 0 radical (unpaired) electrons. The fourth-order valence-corrected chi connectivity index (χ4v) is 2.48. The lowest BCUT2D eigenvalue weighted by Crippen LogP contribution is -2.06. The lowest BCUT2D eigenvalue weighted by molar-refractivity contribution is 0.280. The van der Waals surface area contributed by atoms with E-state index in [0.29, 0.717) is 18.3 Å².